The number of nitrogens with zero attached hydrogens (tertiary/aromatic N) is 1. The minimum atomic E-state index is -5.62. The Labute approximate surface area is 246 Å². The van der Waals surface area contributed by atoms with Gasteiger partial charge in [-0.05, 0) is 0 Å². The molecule has 1 rings (SSSR count). The van der Waals surface area contributed by atoms with E-state index in [9.17, 15) is 20.8 Å². The van der Waals surface area contributed by atoms with Gasteiger partial charge in [0.1, 0.15) is 6.54 Å². The average Bonchev–Trinajstić information content (AvgIpc) is 2.43. The van der Waals surface area contributed by atoms with Crippen LogP contribution in [0.4, 0.5) is 20.8 Å². The standard InChI is InChI=1S/C10H16N.6AsFH2O3/c1-11(2,3)9-10-7-5-4-6-8-10;6*2-1(3,4)5/h4-8H,9H2,1-3H3;6*(H2,3,4,5)/q+1;;;;;;. The summed E-state index contributed by atoms with van der Waals surface area (Å²) in [7, 11) is 6.60. The molecule has 0 spiro atoms. The van der Waals surface area contributed by atoms with Crippen molar-refractivity contribution in [1.29, 1.82) is 0 Å². The monoisotopic (exact) mass is 1010 g/mol. The molecule has 0 fully saturated rings. The van der Waals surface area contributed by atoms with E-state index >= 15 is 0 Å². The summed E-state index contributed by atoms with van der Waals surface area (Å²) in [5.41, 5.74) is 1.40. The molecule has 41 heavy (non-hydrogen) atoms. The SMILES string of the molecule is C[N+](C)(C)Cc1ccccc1.O=[As](O)(O)F.O=[As](O)(O)F.O=[As](O)(O)F.O=[As](O)(O)F.O=[As](O)(O)F.O=[As](O)(O)F. The molecule has 12 N–H and O–H groups in total. The van der Waals surface area contributed by atoms with Crippen molar-refractivity contribution in [2.75, 3.05) is 21.1 Å². The molecule has 0 aliphatic heterocycles. The van der Waals surface area contributed by atoms with E-state index in [4.69, 9.17) is 71.6 Å². The molecule has 19 nitrogen and oxygen atoms in total. The molecule has 1 aromatic rings. The van der Waals surface area contributed by atoms with E-state index in [1.807, 2.05) is 0 Å². The predicted octanol–water partition coefficient (Wildman–Crippen LogP) is -5.27. The van der Waals surface area contributed by atoms with E-state index in [0.29, 0.717) is 0 Å². The zero-order chi connectivity index (χ0) is 35.3. The second-order valence-corrected chi connectivity index (χ2v) is 18.7. The zero-order valence-electron chi connectivity index (χ0n) is 20.3. The van der Waals surface area contributed by atoms with Gasteiger partial charge in [0.15, 0.2) is 0 Å². The fourth-order valence-electron chi connectivity index (χ4n) is 1.13. The van der Waals surface area contributed by atoms with Crippen LogP contribution in [0.1, 0.15) is 5.56 Å². The molecule has 0 aliphatic rings. The van der Waals surface area contributed by atoms with Crippen LogP contribution in [0.3, 0.4) is 0 Å². The van der Waals surface area contributed by atoms with Crippen molar-refractivity contribution in [1.82, 2.24) is 0 Å². The van der Waals surface area contributed by atoms with Gasteiger partial charge in [0.25, 0.3) is 0 Å². The molecular weight excluding hydrogens is 986 g/mol. The topological polar surface area (TPSA) is 345 Å². The summed E-state index contributed by atoms with van der Waals surface area (Å²) >= 11 is -33.8. The second-order valence-electron chi connectivity index (χ2n) is 6.77. The van der Waals surface area contributed by atoms with Crippen molar-refractivity contribution >= 4 is 87.9 Å². The molecule has 0 amide bonds. The molecular formula is C10H28As6F6NO18+. The average molecular weight is 1010 g/mol. The molecule has 0 bridgehead atoms. The summed E-state index contributed by atoms with van der Waals surface area (Å²) < 4.78 is 200. The first kappa shape index (κ1) is 53.9. The van der Waals surface area contributed by atoms with Crippen LogP contribution < -0.4 is 0 Å². The van der Waals surface area contributed by atoms with Gasteiger partial charge in [0, 0.05) is 5.56 Å². The Morgan fingerprint density at radius 2 is 0.610 bits per heavy atom. The van der Waals surface area contributed by atoms with Gasteiger partial charge < -0.3 is 4.48 Å². The van der Waals surface area contributed by atoms with Crippen LogP contribution in [0.25, 0.3) is 0 Å². The molecule has 0 saturated carbocycles. The Hall–Kier alpha value is 0.431. The van der Waals surface area contributed by atoms with E-state index in [1.54, 1.807) is 0 Å². The molecule has 252 valence electrons. The number of rotatable bonds is 2. The molecule has 0 unspecified atom stereocenters. The quantitative estimate of drug-likeness (QED) is 0.0748. The molecule has 1 aromatic carbocycles. The third-order valence-electron chi connectivity index (χ3n) is 1.50. The Morgan fingerprint density at radius 3 is 0.732 bits per heavy atom. The summed E-state index contributed by atoms with van der Waals surface area (Å²) in [5.74, 6) is 0. The van der Waals surface area contributed by atoms with Crippen molar-refractivity contribution in [2.45, 2.75) is 6.54 Å². The van der Waals surface area contributed by atoms with Crippen molar-refractivity contribution in [2.24, 2.45) is 0 Å². The van der Waals surface area contributed by atoms with Gasteiger partial charge in [-0.3, -0.25) is 0 Å². The van der Waals surface area contributed by atoms with Gasteiger partial charge >= 0.3 is 180 Å². The third kappa shape index (κ3) is 331. The Morgan fingerprint density at radius 1 is 0.463 bits per heavy atom. The van der Waals surface area contributed by atoms with Crippen LogP contribution in [-0.2, 0) is 29.0 Å². The number of hydrogen-bond donors (Lipinski definition) is 12. The van der Waals surface area contributed by atoms with E-state index in [1.165, 1.54) is 5.56 Å². The third-order valence-corrected chi connectivity index (χ3v) is 1.50. The molecule has 0 aromatic heterocycles. The number of quaternary nitrogens is 1. The van der Waals surface area contributed by atoms with Gasteiger partial charge in [-0.2, -0.15) is 0 Å². The van der Waals surface area contributed by atoms with Gasteiger partial charge in [-0.25, -0.2) is 0 Å². The van der Waals surface area contributed by atoms with Gasteiger partial charge in [0.2, 0.25) is 0 Å². The predicted molar refractivity (Wildman–Crippen MR) is 120 cm³/mol. The first-order chi connectivity index (χ1) is 17.1. The maximum absolute atomic E-state index is 10.4. The summed E-state index contributed by atoms with van der Waals surface area (Å²) in [5, 5.41) is 0. The first-order valence-electron chi connectivity index (χ1n) is 8.43. The molecule has 0 radical (unpaired) electrons. The van der Waals surface area contributed by atoms with Gasteiger partial charge in [0.05, 0.1) is 21.1 Å². The van der Waals surface area contributed by atoms with E-state index in [0.717, 1.165) is 11.0 Å². The first-order valence-corrected chi connectivity index (χ1v) is 27.4. The number of hydrogen-bond acceptors (Lipinski definition) is 6. The molecule has 31 heteroatoms. The van der Waals surface area contributed by atoms with Crippen molar-refractivity contribution < 1.29 is 96.9 Å². The fraction of sp³-hybridized carbons (Fsp3) is 0.400. The molecule has 0 saturated heterocycles. The second kappa shape index (κ2) is 23.8. The van der Waals surface area contributed by atoms with Gasteiger partial charge in [-0.15, -0.1) is 0 Å². The van der Waals surface area contributed by atoms with Crippen molar-refractivity contribution in [3.05, 3.63) is 35.9 Å². The van der Waals surface area contributed by atoms with E-state index in [2.05, 4.69) is 51.5 Å². The summed E-state index contributed by atoms with van der Waals surface area (Å²) in [6.45, 7) is 1.10. The zero-order valence-corrected chi connectivity index (χ0v) is 31.6. The van der Waals surface area contributed by atoms with Crippen LogP contribution in [-0.4, -0.2) is 163 Å². The van der Waals surface area contributed by atoms with Crippen molar-refractivity contribution in [3.8, 4) is 0 Å². The normalized spacial score (nSPS) is 11.7. The maximum atomic E-state index is 10.4. The van der Waals surface area contributed by atoms with Crippen LogP contribution in [0, 0.1) is 0 Å². The summed E-state index contributed by atoms with van der Waals surface area (Å²) in [6.07, 6.45) is 0. The number of halogens is 6. The minimum absolute atomic E-state index is 0.990. The van der Waals surface area contributed by atoms with Gasteiger partial charge in [-0.1, -0.05) is 30.3 Å². The number of benzene rings is 1. The van der Waals surface area contributed by atoms with Crippen LogP contribution in [0.15, 0.2) is 30.3 Å². The van der Waals surface area contributed by atoms with E-state index in [-0.39, 0.29) is 0 Å². The summed E-state index contributed by atoms with van der Waals surface area (Å²) in [4.78, 5) is 0. The molecule has 0 aliphatic carbocycles. The van der Waals surface area contributed by atoms with E-state index < -0.39 is 87.9 Å². The molecule has 0 heterocycles. The fourth-order valence-corrected chi connectivity index (χ4v) is 1.13. The Balaban J connectivity index is -0.0000000904. The van der Waals surface area contributed by atoms with Crippen LogP contribution in [0.5, 0.6) is 0 Å². The molecule has 0 atom stereocenters. The summed E-state index contributed by atoms with van der Waals surface area (Å²) in [6, 6.07) is 10.6. The van der Waals surface area contributed by atoms with Crippen LogP contribution in [0.2, 0.25) is 0 Å². The Bertz CT molecular complexity index is 867. The van der Waals surface area contributed by atoms with Crippen LogP contribution >= 0.6 is 0 Å². The van der Waals surface area contributed by atoms with Crippen molar-refractivity contribution in [3.63, 3.8) is 0 Å². The Kier molecular flexibility index (Phi) is 31.3.